The molecule has 0 heterocycles. The van der Waals surface area contributed by atoms with Gasteiger partial charge in [-0.3, -0.25) is 0 Å². The van der Waals surface area contributed by atoms with Gasteiger partial charge < -0.3 is 15.3 Å². The molecule has 0 aromatic carbocycles. The van der Waals surface area contributed by atoms with E-state index in [2.05, 4.69) is 50.5 Å². The summed E-state index contributed by atoms with van der Waals surface area (Å²) in [5, 5.41) is 30.6. The number of hydrogen-bond donors (Lipinski definition) is 3. The molecule has 5 atom stereocenters. The van der Waals surface area contributed by atoms with Crippen molar-refractivity contribution >= 4 is 0 Å². The van der Waals surface area contributed by atoms with Crippen molar-refractivity contribution in [1.29, 1.82) is 0 Å². The zero-order valence-electron chi connectivity index (χ0n) is 21.2. The van der Waals surface area contributed by atoms with Gasteiger partial charge in [0.2, 0.25) is 0 Å². The largest absolute Gasteiger partial charge is 0.393 e. The van der Waals surface area contributed by atoms with Crippen molar-refractivity contribution in [2.75, 3.05) is 0 Å². The maximum atomic E-state index is 10.4. The first-order valence-corrected chi connectivity index (χ1v) is 13.0. The van der Waals surface area contributed by atoms with E-state index in [-0.39, 0.29) is 5.41 Å². The fourth-order valence-electron chi connectivity index (χ4n) is 6.18. The molecule has 3 rings (SSSR count). The fraction of sp³-hybridized carbons (Fsp3) is 0.667. The molecule has 0 aromatic rings. The van der Waals surface area contributed by atoms with Crippen LogP contribution in [0.4, 0.5) is 0 Å². The minimum atomic E-state index is -0.833. The topological polar surface area (TPSA) is 60.7 Å². The Labute approximate surface area is 201 Å². The SMILES string of the molecule is C=C1/C(=C\C=C2/CCC[C@]3(C)C(C(C)CCC#CC(O)(CC)CC)=CC[C@@H]23)C[C@@H](O)C[C@@H]1O. The van der Waals surface area contributed by atoms with Crippen LogP contribution < -0.4 is 0 Å². The molecular formula is C30H44O3. The maximum Gasteiger partial charge on any atom is 0.125 e. The van der Waals surface area contributed by atoms with Gasteiger partial charge in [0, 0.05) is 12.8 Å². The molecule has 0 radical (unpaired) electrons. The first kappa shape index (κ1) is 26.0. The Balaban J connectivity index is 1.69. The molecule has 3 aliphatic rings. The third-order valence-electron chi connectivity index (χ3n) is 8.60. The average Bonchev–Trinajstić information content (AvgIpc) is 3.15. The van der Waals surface area contributed by atoms with Crippen LogP contribution in [0.1, 0.15) is 91.9 Å². The predicted octanol–water partition coefficient (Wildman–Crippen LogP) is 6.02. The highest BCUT2D eigenvalue weighted by molar-refractivity contribution is 5.40. The summed E-state index contributed by atoms with van der Waals surface area (Å²) in [6.07, 6.45) is 14.5. The molecule has 0 spiro atoms. The zero-order valence-corrected chi connectivity index (χ0v) is 21.2. The van der Waals surface area contributed by atoms with Gasteiger partial charge in [0.25, 0.3) is 0 Å². The van der Waals surface area contributed by atoms with Gasteiger partial charge >= 0.3 is 0 Å². The molecule has 3 N–H and O–H groups in total. The van der Waals surface area contributed by atoms with Gasteiger partial charge in [0.1, 0.15) is 5.60 Å². The van der Waals surface area contributed by atoms with Crippen LogP contribution in [0.25, 0.3) is 0 Å². The first-order chi connectivity index (χ1) is 15.6. The fourth-order valence-corrected chi connectivity index (χ4v) is 6.18. The Hall–Kier alpha value is -1.60. The van der Waals surface area contributed by atoms with Gasteiger partial charge in [-0.1, -0.05) is 69.6 Å². The maximum absolute atomic E-state index is 10.4. The molecule has 3 nitrogen and oxygen atoms in total. The van der Waals surface area contributed by atoms with Crippen LogP contribution in [-0.4, -0.2) is 33.1 Å². The zero-order chi connectivity index (χ0) is 24.2. The highest BCUT2D eigenvalue weighted by atomic mass is 16.3. The highest BCUT2D eigenvalue weighted by Gasteiger charge is 2.45. The van der Waals surface area contributed by atoms with Crippen molar-refractivity contribution in [2.24, 2.45) is 17.3 Å². The molecule has 0 bridgehead atoms. The van der Waals surface area contributed by atoms with E-state index in [1.807, 2.05) is 13.8 Å². The van der Waals surface area contributed by atoms with Gasteiger partial charge in [-0.25, -0.2) is 0 Å². The van der Waals surface area contributed by atoms with Crippen molar-refractivity contribution in [3.05, 3.63) is 47.1 Å². The molecule has 2 saturated carbocycles. The van der Waals surface area contributed by atoms with Gasteiger partial charge in [-0.05, 0) is 79.8 Å². The van der Waals surface area contributed by atoms with Crippen LogP contribution in [0.5, 0.6) is 0 Å². The smallest absolute Gasteiger partial charge is 0.125 e. The van der Waals surface area contributed by atoms with Crippen LogP contribution in [-0.2, 0) is 0 Å². The Morgan fingerprint density at radius 2 is 2.00 bits per heavy atom. The Morgan fingerprint density at radius 3 is 2.70 bits per heavy atom. The summed E-state index contributed by atoms with van der Waals surface area (Å²) in [5.41, 5.74) is 4.19. The summed E-state index contributed by atoms with van der Waals surface area (Å²) in [6.45, 7) is 12.8. The summed E-state index contributed by atoms with van der Waals surface area (Å²) in [5.74, 6) is 7.37. The molecule has 33 heavy (non-hydrogen) atoms. The van der Waals surface area contributed by atoms with E-state index in [0.717, 1.165) is 36.8 Å². The summed E-state index contributed by atoms with van der Waals surface area (Å²) < 4.78 is 0. The lowest BCUT2D eigenvalue weighted by atomic mass is 9.62. The first-order valence-electron chi connectivity index (χ1n) is 13.0. The lowest BCUT2D eigenvalue weighted by Gasteiger charge is -2.42. The summed E-state index contributed by atoms with van der Waals surface area (Å²) >= 11 is 0. The van der Waals surface area contributed by atoms with Crippen molar-refractivity contribution in [3.8, 4) is 11.8 Å². The second-order valence-electron chi connectivity index (χ2n) is 10.8. The second-order valence-corrected chi connectivity index (χ2v) is 10.8. The van der Waals surface area contributed by atoms with Gasteiger partial charge in [-0.2, -0.15) is 0 Å². The molecular weight excluding hydrogens is 408 g/mol. The van der Waals surface area contributed by atoms with Crippen LogP contribution in [0.3, 0.4) is 0 Å². The number of hydrogen-bond acceptors (Lipinski definition) is 3. The number of allylic oxidation sites excluding steroid dienone is 5. The van der Waals surface area contributed by atoms with Crippen molar-refractivity contribution in [3.63, 3.8) is 0 Å². The van der Waals surface area contributed by atoms with E-state index in [9.17, 15) is 15.3 Å². The number of aliphatic hydroxyl groups is 3. The molecule has 1 unspecified atom stereocenters. The van der Waals surface area contributed by atoms with Crippen LogP contribution in [0.2, 0.25) is 0 Å². The molecule has 0 saturated heterocycles. The Bertz CT molecular complexity index is 876. The lowest BCUT2D eigenvalue weighted by Crippen LogP contribution is -2.32. The number of rotatable bonds is 6. The van der Waals surface area contributed by atoms with Crippen LogP contribution in [0, 0.1) is 29.1 Å². The summed E-state index contributed by atoms with van der Waals surface area (Å²) in [4.78, 5) is 0. The average molecular weight is 453 g/mol. The van der Waals surface area contributed by atoms with E-state index in [1.54, 1.807) is 5.57 Å². The minimum Gasteiger partial charge on any atom is -0.393 e. The molecule has 3 aliphatic carbocycles. The van der Waals surface area contributed by atoms with E-state index < -0.39 is 17.8 Å². The second kappa shape index (κ2) is 10.8. The standard InChI is InChI=1S/C30H44O3/c1-6-30(33,7-2)18-9-8-11-21(3)26-15-16-27-23(12-10-17-29(26,27)5)13-14-24-19-25(31)20-28(32)22(24)4/h13-15,21,25,27-28,31-33H,4,6-8,10-12,16-17,19-20H2,1-3,5H3/b23-13+,24-14-/t21?,25-,27+,28+,29-/m1/s1. The molecule has 3 heteroatoms. The van der Waals surface area contributed by atoms with E-state index in [1.165, 1.54) is 18.4 Å². The number of aliphatic hydroxyl groups excluding tert-OH is 2. The third-order valence-corrected chi connectivity index (χ3v) is 8.60. The predicted molar refractivity (Wildman–Crippen MR) is 136 cm³/mol. The summed E-state index contributed by atoms with van der Waals surface area (Å²) in [7, 11) is 0. The molecule has 0 amide bonds. The van der Waals surface area contributed by atoms with Crippen molar-refractivity contribution in [1.82, 2.24) is 0 Å². The van der Waals surface area contributed by atoms with E-state index >= 15 is 0 Å². The molecule has 2 fully saturated rings. The van der Waals surface area contributed by atoms with Gasteiger partial charge in [-0.15, -0.1) is 5.92 Å². The quantitative estimate of drug-likeness (QED) is 0.341. The van der Waals surface area contributed by atoms with Crippen LogP contribution in [0.15, 0.2) is 47.1 Å². The third kappa shape index (κ3) is 5.73. The van der Waals surface area contributed by atoms with E-state index in [4.69, 9.17) is 0 Å². The number of fused-ring (bicyclic) bond motifs is 1. The lowest BCUT2D eigenvalue weighted by molar-refractivity contribution is 0.0862. The molecule has 0 aromatic heterocycles. The molecule has 0 aliphatic heterocycles. The molecule has 182 valence electrons. The van der Waals surface area contributed by atoms with Gasteiger partial charge in [0.15, 0.2) is 0 Å². The van der Waals surface area contributed by atoms with Gasteiger partial charge in [0.05, 0.1) is 12.2 Å². The van der Waals surface area contributed by atoms with E-state index in [0.29, 0.717) is 37.5 Å². The Morgan fingerprint density at radius 1 is 1.27 bits per heavy atom. The van der Waals surface area contributed by atoms with Crippen molar-refractivity contribution in [2.45, 2.75) is 110 Å². The normalized spacial score (nSPS) is 33.5. The van der Waals surface area contributed by atoms with Crippen molar-refractivity contribution < 1.29 is 15.3 Å². The van der Waals surface area contributed by atoms with Crippen LogP contribution >= 0.6 is 0 Å². The monoisotopic (exact) mass is 452 g/mol. The minimum absolute atomic E-state index is 0.200. The highest BCUT2D eigenvalue weighted by Crippen LogP contribution is 2.57. The Kier molecular flexibility index (Phi) is 8.49. The summed E-state index contributed by atoms with van der Waals surface area (Å²) in [6, 6.07) is 0.